The largest absolute Gasteiger partial charge is 0.352 e. The third-order valence-electron chi connectivity index (χ3n) is 3.83. The highest BCUT2D eigenvalue weighted by Gasteiger charge is 2.34. The van der Waals surface area contributed by atoms with Crippen molar-refractivity contribution in [2.24, 2.45) is 0 Å². The number of thiophene rings is 1. The lowest BCUT2D eigenvalue weighted by atomic mass is 10.0. The van der Waals surface area contributed by atoms with Crippen LogP contribution in [0, 0.1) is 6.92 Å². The molecule has 0 aliphatic carbocycles. The summed E-state index contributed by atoms with van der Waals surface area (Å²) in [6.45, 7) is 3.07. The molecule has 1 aliphatic heterocycles. The number of benzene rings is 1. The Kier molecular flexibility index (Phi) is 4.24. The minimum atomic E-state index is -0.526. The summed E-state index contributed by atoms with van der Waals surface area (Å²) in [5.41, 5.74) is 2.00. The third-order valence-corrected chi connectivity index (χ3v) is 4.71. The first-order valence-electron chi connectivity index (χ1n) is 7.31. The van der Waals surface area contributed by atoms with E-state index in [9.17, 15) is 9.59 Å². The second-order valence-electron chi connectivity index (χ2n) is 5.45. The van der Waals surface area contributed by atoms with E-state index in [0.29, 0.717) is 19.5 Å². The highest BCUT2D eigenvalue weighted by Crippen LogP contribution is 2.25. The van der Waals surface area contributed by atoms with Crippen molar-refractivity contribution < 1.29 is 9.59 Å². The highest BCUT2D eigenvalue weighted by molar-refractivity contribution is 7.10. The second kappa shape index (κ2) is 6.32. The van der Waals surface area contributed by atoms with Crippen molar-refractivity contribution in [1.82, 2.24) is 10.2 Å². The summed E-state index contributed by atoms with van der Waals surface area (Å²) in [4.78, 5) is 27.6. The van der Waals surface area contributed by atoms with Gasteiger partial charge >= 0.3 is 0 Å². The molecule has 2 aromatic rings. The molecule has 4 nitrogen and oxygen atoms in total. The van der Waals surface area contributed by atoms with E-state index in [2.05, 4.69) is 5.32 Å². The molecule has 1 unspecified atom stereocenters. The van der Waals surface area contributed by atoms with Crippen molar-refractivity contribution in [2.75, 3.05) is 13.1 Å². The first kappa shape index (κ1) is 14.8. The predicted molar refractivity (Wildman–Crippen MR) is 86.7 cm³/mol. The lowest BCUT2D eigenvalue weighted by Gasteiger charge is -2.35. The molecule has 1 saturated heterocycles. The van der Waals surface area contributed by atoms with E-state index in [-0.39, 0.29) is 11.8 Å². The van der Waals surface area contributed by atoms with Gasteiger partial charge in [-0.1, -0.05) is 35.9 Å². The van der Waals surface area contributed by atoms with E-state index in [1.165, 1.54) is 0 Å². The molecule has 3 rings (SSSR count). The molecule has 0 spiro atoms. The molecular weight excluding hydrogens is 296 g/mol. The van der Waals surface area contributed by atoms with Crippen LogP contribution in [0.2, 0.25) is 0 Å². The van der Waals surface area contributed by atoms with Gasteiger partial charge < -0.3 is 10.2 Å². The predicted octanol–water partition coefficient (Wildman–Crippen LogP) is 2.30. The molecule has 114 valence electrons. The monoisotopic (exact) mass is 314 g/mol. The molecule has 2 heterocycles. The summed E-state index contributed by atoms with van der Waals surface area (Å²) in [5.74, 6) is -0.0995. The fourth-order valence-corrected chi connectivity index (χ4v) is 3.38. The Hall–Kier alpha value is -2.14. The summed E-state index contributed by atoms with van der Waals surface area (Å²) >= 11 is 1.57. The summed E-state index contributed by atoms with van der Waals surface area (Å²) in [5, 5.41) is 4.82. The number of rotatable bonds is 3. The standard InChI is InChI=1S/C17H18N2O2S/c1-12-4-6-13(7-5-12)16-17(21)18-8-9-19(16)15(20)11-14-3-2-10-22-14/h2-7,10,16H,8-9,11H2,1H3,(H,18,21). The molecule has 0 saturated carbocycles. The molecular formula is C17H18N2O2S. The number of carbonyl (C=O) groups excluding carboxylic acids is 2. The van der Waals surface area contributed by atoms with Crippen molar-refractivity contribution >= 4 is 23.2 Å². The van der Waals surface area contributed by atoms with Crippen molar-refractivity contribution in [3.05, 3.63) is 57.8 Å². The number of carbonyl (C=O) groups is 2. The number of aryl methyl sites for hydroxylation is 1. The summed E-state index contributed by atoms with van der Waals surface area (Å²) in [6.07, 6.45) is 0.354. The Balaban J connectivity index is 1.84. The molecule has 1 atom stereocenters. The summed E-state index contributed by atoms with van der Waals surface area (Å²) in [6, 6.07) is 11.2. The number of piperazine rings is 1. The molecule has 5 heteroatoms. The SMILES string of the molecule is Cc1ccc(C2C(=O)NCCN2C(=O)Cc2cccs2)cc1. The minimum Gasteiger partial charge on any atom is -0.352 e. The number of amides is 2. The van der Waals surface area contributed by atoms with Crippen molar-refractivity contribution in [2.45, 2.75) is 19.4 Å². The zero-order chi connectivity index (χ0) is 15.5. The normalized spacial score (nSPS) is 18.1. The van der Waals surface area contributed by atoms with Crippen LogP contribution in [0.5, 0.6) is 0 Å². The number of nitrogens with one attached hydrogen (secondary N) is 1. The molecule has 2 amide bonds. The lowest BCUT2D eigenvalue weighted by molar-refractivity contribution is -0.143. The fourth-order valence-electron chi connectivity index (χ4n) is 2.68. The summed E-state index contributed by atoms with van der Waals surface area (Å²) < 4.78 is 0. The average molecular weight is 314 g/mol. The Morgan fingerprint density at radius 3 is 2.77 bits per heavy atom. The van der Waals surface area contributed by atoms with Gasteiger partial charge in [-0.3, -0.25) is 9.59 Å². The molecule has 1 N–H and O–H groups in total. The van der Waals surface area contributed by atoms with E-state index in [0.717, 1.165) is 16.0 Å². The lowest BCUT2D eigenvalue weighted by Crippen LogP contribution is -2.52. The van der Waals surface area contributed by atoms with Crippen LogP contribution >= 0.6 is 11.3 Å². The number of hydrogen-bond acceptors (Lipinski definition) is 3. The maximum atomic E-state index is 12.6. The third kappa shape index (κ3) is 3.04. The highest BCUT2D eigenvalue weighted by atomic mass is 32.1. The van der Waals surface area contributed by atoms with Crippen molar-refractivity contribution in [3.63, 3.8) is 0 Å². The van der Waals surface area contributed by atoms with Crippen LogP contribution in [0.4, 0.5) is 0 Å². The maximum Gasteiger partial charge on any atom is 0.247 e. The molecule has 1 fully saturated rings. The van der Waals surface area contributed by atoms with E-state index >= 15 is 0 Å². The average Bonchev–Trinajstić information content (AvgIpc) is 3.01. The molecule has 22 heavy (non-hydrogen) atoms. The van der Waals surface area contributed by atoms with E-state index in [4.69, 9.17) is 0 Å². The van der Waals surface area contributed by atoms with Crippen molar-refractivity contribution in [1.29, 1.82) is 0 Å². The maximum absolute atomic E-state index is 12.6. The van der Waals surface area contributed by atoms with Gasteiger partial charge in [-0.05, 0) is 23.9 Å². The van der Waals surface area contributed by atoms with Gasteiger partial charge in [0, 0.05) is 18.0 Å². The van der Waals surface area contributed by atoms with E-state index in [1.54, 1.807) is 16.2 Å². The van der Waals surface area contributed by atoms with E-state index in [1.807, 2.05) is 48.7 Å². The smallest absolute Gasteiger partial charge is 0.247 e. The van der Waals surface area contributed by atoms with E-state index < -0.39 is 6.04 Å². The molecule has 0 bridgehead atoms. The van der Waals surface area contributed by atoms with Gasteiger partial charge in [0.1, 0.15) is 6.04 Å². The number of nitrogens with zero attached hydrogens (tertiary/aromatic N) is 1. The Labute approximate surface area is 133 Å². The van der Waals surface area contributed by atoms with Crippen LogP contribution in [0.1, 0.15) is 22.0 Å². The summed E-state index contributed by atoms with van der Waals surface area (Å²) in [7, 11) is 0. The zero-order valence-corrected chi connectivity index (χ0v) is 13.2. The van der Waals surface area contributed by atoms with Gasteiger partial charge in [-0.15, -0.1) is 11.3 Å². The Morgan fingerprint density at radius 2 is 2.09 bits per heavy atom. The minimum absolute atomic E-state index is 0.00266. The Morgan fingerprint density at radius 1 is 1.32 bits per heavy atom. The van der Waals surface area contributed by atoms with Crippen LogP contribution in [-0.4, -0.2) is 29.8 Å². The molecule has 0 radical (unpaired) electrons. The van der Waals surface area contributed by atoms with Gasteiger partial charge in [-0.2, -0.15) is 0 Å². The quantitative estimate of drug-likeness (QED) is 0.945. The molecule has 1 aliphatic rings. The molecule has 1 aromatic carbocycles. The van der Waals surface area contributed by atoms with Gasteiger partial charge in [0.15, 0.2) is 0 Å². The van der Waals surface area contributed by atoms with Gasteiger partial charge in [-0.25, -0.2) is 0 Å². The number of hydrogen-bond donors (Lipinski definition) is 1. The van der Waals surface area contributed by atoms with Crippen LogP contribution in [0.25, 0.3) is 0 Å². The van der Waals surface area contributed by atoms with Gasteiger partial charge in [0.25, 0.3) is 0 Å². The van der Waals surface area contributed by atoms with Crippen LogP contribution in [0.3, 0.4) is 0 Å². The first-order valence-corrected chi connectivity index (χ1v) is 8.19. The molecule has 1 aromatic heterocycles. The first-order chi connectivity index (χ1) is 10.6. The van der Waals surface area contributed by atoms with Crippen molar-refractivity contribution in [3.8, 4) is 0 Å². The second-order valence-corrected chi connectivity index (χ2v) is 6.48. The zero-order valence-electron chi connectivity index (χ0n) is 12.4. The van der Waals surface area contributed by atoms with Crippen LogP contribution < -0.4 is 5.32 Å². The topological polar surface area (TPSA) is 49.4 Å². The Bertz CT molecular complexity index is 664. The van der Waals surface area contributed by atoms with Crippen LogP contribution in [-0.2, 0) is 16.0 Å². The van der Waals surface area contributed by atoms with Gasteiger partial charge in [0.05, 0.1) is 6.42 Å². The van der Waals surface area contributed by atoms with Crippen LogP contribution in [0.15, 0.2) is 41.8 Å². The fraction of sp³-hybridized carbons (Fsp3) is 0.294. The van der Waals surface area contributed by atoms with Gasteiger partial charge in [0.2, 0.25) is 11.8 Å².